The van der Waals surface area contributed by atoms with E-state index in [0.717, 1.165) is 18.4 Å². The fourth-order valence-electron chi connectivity index (χ4n) is 3.10. The quantitative estimate of drug-likeness (QED) is 0.774. The van der Waals surface area contributed by atoms with E-state index >= 15 is 0 Å². The van der Waals surface area contributed by atoms with Crippen molar-refractivity contribution < 1.29 is 19.1 Å². The highest BCUT2D eigenvalue weighted by atomic mass is 32.1. The lowest BCUT2D eigenvalue weighted by Crippen LogP contribution is -2.41. The van der Waals surface area contributed by atoms with Gasteiger partial charge in [0.25, 0.3) is 11.8 Å². The van der Waals surface area contributed by atoms with E-state index in [2.05, 4.69) is 5.32 Å². The standard InChI is InChI=1S/C20H22N2O4S/c1-2-14-6-3-7-15(12-14)21-18(23)13-26-20(25)16-8-4-10-22(16)19(24)17-9-5-11-27-17/h3,5-7,9,11-12,16H,2,4,8,10,13H2,1H3,(H,21,23)/t16-/m0/s1. The number of carbonyl (C=O) groups excluding carboxylic acids is 3. The zero-order valence-corrected chi connectivity index (χ0v) is 16.0. The third-order valence-electron chi connectivity index (χ3n) is 4.48. The van der Waals surface area contributed by atoms with Crippen LogP contribution in [0.2, 0.25) is 0 Å². The van der Waals surface area contributed by atoms with Gasteiger partial charge in [0.2, 0.25) is 0 Å². The van der Waals surface area contributed by atoms with Gasteiger partial charge in [0.05, 0.1) is 4.88 Å². The Kier molecular flexibility index (Phi) is 6.24. The molecule has 2 heterocycles. The van der Waals surface area contributed by atoms with Crippen LogP contribution in [0.25, 0.3) is 0 Å². The Morgan fingerprint density at radius 3 is 2.85 bits per heavy atom. The number of ether oxygens (including phenoxy) is 1. The number of thiophene rings is 1. The fraction of sp³-hybridized carbons (Fsp3) is 0.350. The number of hydrogen-bond donors (Lipinski definition) is 1. The smallest absolute Gasteiger partial charge is 0.329 e. The van der Waals surface area contributed by atoms with E-state index in [4.69, 9.17) is 4.74 Å². The summed E-state index contributed by atoms with van der Waals surface area (Å²) in [4.78, 5) is 39.1. The first-order valence-corrected chi connectivity index (χ1v) is 9.86. The Labute approximate surface area is 162 Å². The van der Waals surface area contributed by atoms with E-state index in [0.29, 0.717) is 23.5 Å². The van der Waals surface area contributed by atoms with E-state index in [1.54, 1.807) is 18.2 Å². The molecule has 0 bridgehead atoms. The number of rotatable bonds is 6. The summed E-state index contributed by atoms with van der Waals surface area (Å²) in [7, 11) is 0. The molecule has 2 aromatic rings. The van der Waals surface area contributed by atoms with Gasteiger partial charge in [-0.3, -0.25) is 9.59 Å². The molecule has 1 fully saturated rings. The predicted molar refractivity (Wildman–Crippen MR) is 104 cm³/mol. The van der Waals surface area contributed by atoms with Gasteiger partial charge in [0.15, 0.2) is 6.61 Å². The summed E-state index contributed by atoms with van der Waals surface area (Å²) in [5, 5.41) is 4.55. The number of benzene rings is 1. The maximum Gasteiger partial charge on any atom is 0.329 e. The van der Waals surface area contributed by atoms with Crippen molar-refractivity contribution in [2.24, 2.45) is 0 Å². The van der Waals surface area contributed by atoms with Crippen molar-refractivity contribution in [1.29, 1.82) is 0 Å². The molecule has 1 N–H and O–H groups in total. The molecule has 7 heteroatoms. The number of anilines is 1. The maximum absolute atomic E-state index is 12.5. The minimum Gasteiger partial charge on any atom is -0.454 e. The molecule has 1 saturated heterocycles. The second-order valence-corrected chi connectivity index (χ2v) is 7.29. The van der Waals surface area contributed by atoms with Crippen LogP contribution in [-0.4, -0.2) is 41.9 Å². The number of hydrogen-bond acceptors (Lipinski definition) is 5. The van der Waals surface area contributed by atoms with Crippen LogP contribution in [0.15, 0.2) is 41.8 Å². The highest BCUT2D eigenvalue weighted by molar-refractivity contribution is 7.12. The minimum atomic E-state index is -0.629. The van der Waals surface area contributed by atoms with Crippen LogP contribution in [0.4, 0.5) is 5.69 Å². The van der Waals surface area contributed by atoms with Crippen molar-refractivity contribution in [3.05, 3.63) is 52.2 Å². The van der Waals surface area contributed by atoms with Gasteiger partial charge in [-0.1, -0.05) is 25.1 Å². The van der Waals surface area contributed by atoms with E-state index < -0.39 is 17.9 Å². The van der Waals surface area contributed by atoms with Gasteiger partial charge in [-0.2, -0.15) is 0 Å². The second-order valence-electron chi connectivity index (χ2n) is 6.34. The van der Waals surface area contributed by atoms with Crippen molar-refractivity contribution in [3.63, 3.8) is 0 Å². The zero-order valence-electron chi connectivity index (χ0n) is 15.1. The molecule has 3 rings (SSSR count). The van der Waals surface area contributed by atoms with Crippen molar-refractivity contribution in [3.8, 4) is 0 Å². The number of esters is 1. The molecule has 0 saturated carbocycles. The van der Waals surface area contributed by atoms with Crippen LogP contribution in [0.1, 0.15) is 35.0 Å². The Morgan fingerprint density at radius 1 is 1.26 bits per heavy atom. The van der Waals surface area contributed by atoms with Crippen molar-refractivity contribution in [1.82, 2.24) is 4.90 Å². The normalized spacial score (nSPS) is 16.2. The lowest BCUT2D eigenvalue weighted by atomic mass is 10.1. The Morgan fingerprint density at radius 2 is 2.11 bits per heavy atom. The minimum absolute atomic E-state index is 0.162. The third kappa shape index (κ3) is 4.74. The molecule has 0 spiro atoms. The van der Waals surface area contributed by atoms with E-state index in [1.807, 2.05) is 30.5 Å². The van der Waals surface area contributed by atoms with Crippen LogP contribution in [-0.2, 0) is 20.7 Å². The molecule has 1 aliphatic rings. The molecular weight excluding hydrogens is 364 g/mol. The SMILES string of the molecule is CCc1cccc(NC(=O)COC(=O)[C@@H]2CCCN2C(=O)c2cccs2)c1. The number of nitrogens with zero attached hydrogens (tertiary/aromatic N) is 1. The van der Waals surface area contributed by atoms with Crippen LogP contribution in [0, 0.1) is 0 Å². The lowest BCUT2D eigenvalue weighted by Gasteiger charge is -2.22. The van der Waals surface area contributed by atoms with Gasteiger partial charge in [0, 0.05) is 12.2 Å². The van der Waals surface area contributed by atoms with Gasteiger partial charge in [-0.25, -0.2) is 4.79 Å². The van der Waals surface area contributed by atoms with Gasteiger partial charge >= 0.3 is 5.97 Å². The Hall–Kier alpha value is -2.67. The lowest BCUT2D eigenvalue weighted by molar-refractivity contribution is -0.151. The first-order valence-electron chi connectivity index (χ1n) is 8.98. The molecule has 2 amide bonds. The molecule has 142 valence electrons. The summed E-state index contributed by atoms with van der Waals surface area (Å²) in [6, 6.07) is 10.4. The van der Waals surface area contributed by atoms with Crippen molar-refractivity contribution >= 4 is 34.8 Å². The molecule has 6 nitrogen and oxygen atoms in total. The molecule has 27 heavy (non-hydrogen) atoms. The third-order valence-corrected chi connectivity index (χ3v) is 5.34. The Bertz CT molecular complexity index is 819. The largest absolute Gasteiger partial charge is 0.454 e. The molecular formula is C20H22N2O4S. The average molecular weight is 386 g/mol. The van der Waals surface area contributed by atoms with Gasteiger partial charge in [-0.15, -0.1) is 11.3 Å². The fourth-order valence-corrected chi connectivity index (χ4v) is 3.77. The number of nitrogens with one attached hydrogen (secondary N) is 1. The second kappa shape index (κ2) is 8.81. The summed E-state index contributed by atoms with van der Waals surface area (Å²) < 4.78 is 5.17. The average Bonchev–Trinajstić information content (AvgIpc) is 3.37. The molecule has 1 aliphatic heterocycles. The molecule has 0 aliphatic carbocycles. The highest BCUT2D eigenvalue weighted by Crippen LogP contribution is 2.23. The molecule has 0 unspecified atom stereocenters. The summed E-state index contributed by atoms with van der Waals surface area (Å²) in [5.41, 5.74) is 1.78. The molecule has 0 radical (unpaired) electrons. The summed E-state index contributed by atoms with van der Waals surface area (Å²) in [5.74, 6) is -1.09. The number of carbonyl (C=O) groups is 3. The van der Waals surface area contributed by atoms with Gasteiger partial charge in [0.1, 0.15) is 6.04 Å². The van der Waals surface area contributed by atoms with E-state index in [9.17, 15) is 14.4 Å². The molecule has 1 aromatic heterocycles. The predicted octanol–water partition coefficient (Wildman–Crippen LogP) is 3.10. The summed E-state index contributed by atoms with van der Waals surface area (Å²) in [6.07, 6.45) is 2.16. The molecule has 1 atom stereocenters. The molecule has 1 aromatic carbocycles. The maximum atomic E-state index is 12.5. The van der Waals surface area contributed by atoms with Gasteiger partial charge < -0.3 is 15.0 Å². The van der Waals surface area contributed by atoms with Crippen molar-refractivity contribution in [2.75, 3.05) is 18.5 Å². The van der Waals surface area contributed by atoms with E-state index in [-0.39, 0.29) is 12.5 Å². The highest BCUT2D eigenvalue weighted by Gasteiger charge is 2.36. The first-order chi connectivity index (χ1) is 13.1. The summed E-state index contributed by atoms with van der Waals surface area (Å²) >= 11 is 1.35. The topological polar surface area (TPSA) is 75.7 Å². The van der Waals surface area contributed by atoms with Crippen LogP contribution < -0.4 is 5.32 Å². The van der Waals surface area contributed by atoms with Crippen molar-refractivity contribution in [2.45, 2.75) is 32.2 Å². The van der Waals surface area contributed by atoms with Crippen LogP contribution in [0.3, 0.4) is 0 Å². The summed E-state index contributed by atoms with van der Waals surface area (Å²) in [6.45, 7) is 2.19. The Balaban J connectivity index is 1.53. The number of likely N-dealkylation sites (tertiary alicyclic amines) is 1. The van der Waals surface area contributed by atoms with Crippen LogP contribution in [0.5, 0.6) is 0 Å². The van der Waals surface area contributed by atoms with E-state index in [1.165, 1.54) is 16.2 Å². The monoisotopic (exact) mass is 386 g/mol. The van der Waals surface area contributed by atoms with Crippen LogP contribution >= 0.6 is 11.3 Å². The zero-order chi connectivity index (χ0) is 19.2. The first kappa shape index (κ1) is 19.1. The number of aryl methyl sites for hydroxylation is 1. The number of amides is 2. The van der Waals surface area contributed by atoms with Gasteiger partial charge in [-0.05, 0) is 48.4 Å².